The second-order valence-electron chi connectivity index (χ2n) is 10.3. The summed E-state index contributed by atoms with van der Waals surface area (Å²) in [5, 5.41) is 0. The Morgan fingerprint density at radius 3 is 2.02 bits per heavy atom. The number of hydrogen-bond acceptors (Lipinski definition) is 7. The molecule has 0 saturated carbocycles. The van der Waals surface area contributed by atoms with Crippen LogP contribution >= 0.6 is 7.82 Å². The highest BCUT2D eigenvalue weighted by atomic mass is 31.2. The molecule has 0 amide bonds. The molecule has 41 heavy (non-hydrogen) atoms. The molecule has 0 saturated heterocycles. The molecule has 8 nitrogen and oxygen atoms in total. The van der Waals surface area contributed by atoms with Crippen LogP contribution in [0.25, 0.3) is 0 Å². The van der Waals surface area contributed by atoms with Gasteiger partial charge in [-0.15, -0.1) is 0 Å². The van der Waals surface area contributed by atoms with E-state index in [2.05, 4.69) is 50.3 Å². The van der Waals surface area contributed by atoms with Gasteiger partial charge in [0.25, 0.3) is 0 Å². The van der Waals surface area contributed by atoms with Crippen LogP contribution in [0, 0.1) is 0 Å². The van der Waals surface area contributed by atoms with Gasteiger partial charge >= 0.3 is 13.8 Å². The minimum Gasteiger partial charge on any atom is -0.457 e. The first-order chi connectivity index (χ1) is 19.9. The lowest BCUT2D eigenvalue weighted by atomic mass is 10.1. The number of ether oxygens (including phenoxy) is 2. The summed E-state index contributed by atoms with van der Waals surface area (Å²) in [6, 6.07) is 0. The van der Waals surface area contributed by atoms with Crippen LogP contribution < -0.4 is 5.73 Å². The van der Waals surface area contributed by atoms with Crippen molar-refractivity contribution in [3.8, 4) is 0 Å². The van der Waals surface area contributed by atoms with Crippen LogP contribution in [0.1, 0.15) is 123 Å². The number of nitrogens with two attached hydrogens (primary N) is 1. The van der Waals surface area contributed by atoms with E-state index in [1.54, 1.807) is 0 Å². The molecule has 2 unspecified atom stereocenters. The lowest BCUT2D eigenvalue weighted by molar-refractivity contribution is -0.154. The minimum atomic E-state index is -4.25. The Kier molecular flexibility index (Phi) is 29.2. The summed E-state index contributed by atoms with van der Waals surface area (Å²) in [6.45, 7) is 4.64. The predicted octanol–water partition coefficient (Wildman–Crippen LogP) is 8.35. The zero-order chi connectivity index (χ0) is 30.3. The topological polar surface area (TPSA) is 117 Å². The van der Waals surface area contributed by atoms with E-state index >= 15 is 0 Å². The molecule has 0 aromatic rings. The number of phosphoric acid groups is 1. The molecule has 0 radical (unpaired) electrons. The largest absolute Gasteiger partial charge is 0.472 e. The fraction of sp³-hybridized carbons (Fsp3) is 0.781. The summed E-state index contributed by atoms with van der Waals surface area (Å²) >= 11 is 0. The van der Waals surface area contributed by atoms with E-state index < -0.39 is 13.9 Å². The van der Waals surface area contributed by atoms with E-state index in [0.29, 0.717) is 13.0 Å². The SMILES string of the molecule is CC/C=C\C/C=C\C/C=C\CCCCCCCCCCOCC(COP(=O)(O)OCCN)OC(=O)CCCCCC. The van der Waals surface area contributed by atoms with Crippen LogP contribution in [-0.2, 0) is 27.9 Å². The number of rotatable bonds is 30. The zero-order valence-electron chi connectivity index (χ0n) is 26.0. The normalized spacial score (nSPS) is 14.3. The summed E-state index contributed by atoms with van der Waals surface area (Å²) in [5.41, 5.74) is 5.30. The number of allylic oxidation sites excluding steroid dienone is 6. The molecule has 0 bridgehead atoms. The third-order valence-electron chi connectivity index (χ3n) is 6.32. The summed E-state index contributed by atoms with van der Waals surface area (Å²) in [7, 11) is -4.25. The van der Waals surface area contributed by atoms with Gasteiger partial charge in [-0.1, -0.05) is 108 Å². The molecule has 0 aromatic heterocycles. The fourth-order valence-corrected chi connectivity index (χ4v) is 4.77. The third kappa shape index (κ3) is 30.0. The van der Waals surface area contributed by atoms with Crippen LogP contribution in [0.5, 0.6) is 0 Å². The van der Waals surface area contributed by atoms with Crippen molar-refractivity contribution in [2.45, 2.75) is 129 Å². The van der Waals surface area contributed by atoms with Crippen molar-refractivity contribution in [3.05, 3.63) is 36.5 Å². The average Bonchev–Trinajstić information content (AvgIpc) is 2.96. The molecule has 0 aliphatic heterocycles. The number of unbranched alkanes of at least 4 members (excludes halogenated alkanes) is 11. The highest BCUT2D eigenvalue weighted by Crippen LogP contribution is 2.43. The van der Waals surface area contributed by atoms with Gasteiger partial charge in [0.15, 0.2) is 0 Å². The highest BCUT2D eigenvalue weighted by Gasteiger charge is 2.25. The maximum Gasteiger partial charge on any atom is 0.472 e. The molecule has 0 fully saturated rings. The van der Waals surface area contributed by atoms with Crippen LogP contribution in [0.3, 0.4) is 0 Å². The van der Waals surface area contributed by atoms with Crippen LogP contribution in [0.15, 0.2) is 36.5 Å². The molecule has 0 heterocycles. The quantitative estimate of drug-likeness (QED) is 0.0365. The summed E-state index contributed by atoms with van der Waals surface area (Å²) in [4.78, 5) is 21.9. The van der Waals surface area contributed by atoms with Crippen molar-refractivity contribution in [1.29, 1.82) is 0 Å². The van der Waals surface area contributed by atoms with E-state index in [9.17, 15) is 14.3 Å². The monoisotopic (exact) mass is 601 g/mol. The summed E-state index contributed by atoms with van der Waals surface area (Å²) in [5.74, 6) is -0.354. The Hall–Kier alpha value is -1.28. The number of hydrogen-bond donors (Lipinski definition) is 2. The molecule has 9 heteroatoms. The second kappa shape index (κ2) is 30.2. The Balaban J connectivity index is 3.94. The van der Waals surface area contributed by atoms with Crippen LogP contribution in [0.4, 0.5) is 0 Å². The van der Waals surface area contributed by atoms with E-state index in [1.165, 1.54) is 38.5 Å². The number of esters is 1. The number of phosphoric ester groups is 1. The predicted molar refractivity (Wildman–Crippen MR) is 169 cm³/mol. The van der Waals surface area contributed by atoms with Gasteiger partial charge in [0.1, 0.15) is 6.10 Å². The van der Waals surface area contributed by atoms with Gasteiger partial charge < -0.3 is 20.1 Å². The first-order valence-corrected chi connectivity index (χ1v) is 17.5. The molecule has 0 spiro atoms. The van der Waals surface area contributed by atoms with Gasteiger partial charge in [0.2, 0.25) is 0 Å². The average molecular weight is 602 g/mol. The van der Waals surface area contributed by atoms with Crippen molar-refractivity contribution < 1.29 is 32.8 Å². The maximum atomic E-state index is 12.2. The second-order valence-corrected chi connectivity index (χ2v) is 11.7. The lowest BCUT2D eigenvalue weighted by Crippen LogP contribution is -2.28. The van der Waals surface area contributed by atoms with E-state index in [0.717, 1.165) is 64.2 Å². The van der Waals surface area contributed by atoms with Gasteiger partial charge in [-0.3, -0.25) is 13.8 Å². The van der Waals surface area contributed by atoms with Crippen LogP contribution in [-0.4, -0.2) is 49.9 Å². The molecular formula is C32H60NO7P. The number of carbonyl (C=O) groups excluding carboxylic acids is 1. The van der Waals surface area contributed by atoms with Gasteiger partial charge in [0, 0.05) is 19.6 Å². The minimum absolute atomic E-state index is 0.0979. The molecule has 0 rings (SSSR count). The van der Waals surface area contributed by atoms with Gasteiger partial charge in [0.05, 0.1) is 19.8 Å². The van der Waals surface area contributed by atoms with Crippen molar-refractivity contribution in [3.63, 3.8) is 0 Å². The van der Waals surface area contributed by atoms with E-state index in [-0.39, 0.29) is 32.3 Å². The first kappa shape index (κ1) is 39.7. The third-order valence-corrected chi connectivity index (χ3v) is 7.31. The van der Waals surface area contributed by atoms with Crippen LogP contribution in [0.2, 0.25) is 0 Å². The standard InChI is InChI=1S/C32H60NO7P/c1-3-5-7-9-10-11-12-13-14-15-16-17-18-19-20-21-22-24-27-37-29-31(30-39-41(35,36)38-28-26-33)40-32(34)25-23-8-6-4-2/h5,7,10-11,13-14,31H,3-4,6,8-9,12,15-30,33H2,1-2H3,(H,35,36)/b7-5-,11-10-,14-13-. The molecule has 0 aliphatic carbocycles. The molecule has 2 atom stereocenters. The zero-order valence-corrected chi connectivity index (χ0v) is 26.9. The van der Waals surface area contributed by atoms with E-state index in [4.69, 9.17) is 24.3 Å². The molecule has 0 aliphatic rings. The molecular weight excluding hydrogens is 541 g/mol. The molecule has 0 aromatic carbocycles. The highest BCUT2D eigenvalue weighted by molar-refractivity contribution is 7.47. The van der Waals surface area contributed by atoms with Crippen molar-refractivity contribution in [2.24, 2.45) is 5.73 Å². The summed E-state index contributed by atoms with van der Waals surface area (Å²) < 4.78 is 32.9. The molecule has 240 valence electrons. The Morgan fingerprint density at radius 2 is 1.37 bits per heavy atom. The Morgan fingerprint density at radius 1 is 0.756 bits per heavy atom. The molecule has 3 N–H and O–H groups in total. The van der Waals surface area contributed by atoms with Gasteiger partial charge in [-0.25, -0.2) is 4.57 Å². The lowest BCUT2D eigenvalue weighted by Gasteiger charge is -2.20. The Labute approximate surface area is 250 Å². The fourth-order valence-electron chi connectivity index (χ4n) is 4.01. The van der Waals surface area contributed by atoms with Crippen molar-refractivity contribution in [1.82, 2.24) is 0 Å². The first-order valence-electron chi connectivity index (χ1n) is 16.0. The maximum absolute atomic E-state index is 12.2. The summed E-state index contributed by atoms with van der Waals surface area (Å²) in [6.07, 6.45) is 30.7. The van der Waals surface area contributed by atoms with Gasteiger partial charge in [-0.2, -0.15) is 0 Å². The van der Waals surface area contributed by atoms with Gasteiger partial charge in [-0.05, 0) is 44.9 Å². The number of carbonyl (C=O) groups is 1. The van der Waals surface area contributed by atoms with Crippen molar-refractivity contribution in [2.75, 3.05) is 33.0 Å². The van der Waals surface area contributed by atoms with E-state index in [1.807, 2.05) is 0 Å². The Bertz CT molecular complexity index is 727. The smallest absolute Gasteiger partial charge is 0.457 e. The van der Waals surface area contributed by atoms with Crippen molar-refractivity contribution >= 4 is 13.8 Å².